The minimum atomic E-state index is -1.14. The molecule has 2 rings (SSSR count). The summed E-state index contributed by atoms with van der Waals surface area (Å²) in [5.74, 6) is -2.56. The molecule has 21 heavy (non-hydrogen) atoms. The number of carbonyl (C=O) groups excluding carboxylic acids is 3. The third-order valence-electron chi connectivity index (χ3n) is 3.80. The van der Waals surface area contributed by atoms with Crippen molar-refractivity contribution in [3.8, 4) is 0 Å². The summed E-state index contributed by atoms with van der Waals surface area (Å²) in [5.41, 5.74) is 0. The Hall–Kier alpha value is -1.85. The number of hydrogen-bond donors (Lipinski definition) is 0. The SMILES string of the molecule is C=C(OC1C(=O)OCC1C(=O)OC1CCCCC1)C(C)=O. The van der Waals surface area contributed by atoms with Crippen LogP contribution in [0.25, 0.3) is 0 Å². The first-order chi connectivity index (χ1) is 9.99. The second-order valence-corrected chi connectivity index (χ2v) is 5.45. The first kappa shape index (κ1) is 15.5. The van der Waals surface area contributed by atoms with E-state index in [1.807, 2.05) is 0 Å². The molecule has 2 aliphatic rings. The fourth-order valence-corrected chi connectivity index (χ4v) is 2.50. The highest BCUT2D eigenvalue weighted by molar-refractivity contribution is 5.92. The molecule has 1 saturated heterocycles. The van der Waals surface area contributed by atoms with Crippen LogP contribution >= 0.6 is 0 Å². The molecule has 0 amide bonds. The summed E-state index contributed by atoms with van der Waals surface area (Å²) in [7, 11) is 0. The van der Waals surface area contributed by atoms with Crippen LogP contribution in [0.15, 0.2) is 12.3 Å². The molecule has 1 aliphatic heterocycles. The molecule has 0 bridgehead atoms. The van der Waals surface area contributed by atoms with E-state index >= 15 is 0 Å². The lowest BCUT2D eigenvalue weighted by Crippen LogP contribution is -2.35. The largest absolute Gasteiger partial charge is 0.475 e. The minimum absolute atomic E-state index is 0.0831. The lowest BCUT2D eigenvalue weighted by atomic mass is 9.97. The summed E-state index contributed by atoms with van der Waals surface area (Å²) in [6, 6.07) is 0. The quantitative estimate of drug-likeness (QED) is 0.435. The van der Waals surface area contributed by atoms with Gasteiger partial charge in [0.15, 0.2) is 11.5 Å². The Kier molecular flexibility index (Phi) is 4.98. The van der Waals surface area contributed by atoms with Crippen LogP contribution in [0, 0.1) is 5.92 Å². The van der Waals surface area contributed by atoms with E-state index in [4.69, 9.17) is 14.2 Å². The van der Waals surface area contributed by atoms with Gasteiger partial charge in [0.25, 0.3) is 0 Å². The maximum Gasteiger partial charge on any atom is 0.348 e. The van der Waals surface area contributed by atoms with Gasteiger partial charge < -0.3 is 14.2 Å². The van der Waals surface area contributed by atoms with Gasteiger partial charge in [-0.05, 0) is 25.7 Å². The van der Waals surface area contributed by atoms with Gasteiger partial charge in [0.2, 0.25) is 6.10 Å². The Balaban J connectivity index is 1.96. The molecule has 116 valence electrons. The van der Waals surface area contributed by atoms with E-state index in [1.54, 1.807) is 0 Å². The average molecular weight is 296 g/mol. The predicted molar refractivity (Wildman–Crippen MR) is 72.1 cm³/mol. The maximum atomic E-state index is 12.2. The first-order valence-corrected chi connectivity index (χ1v) is 7.22. The number of hydrogen-bond acceptors (Lipinski definition) is 6. The van der Waals surface area contributed by atoms with Crippen LogP contribution in [0.4, 0.5) is 0 Å². The van der Waals surface area contributed by atoms with E-state index in [-0.39, 0.29) is 18.5 Å². The zero-order valence-corrected chi connectivity index (χ0v) is 12.1. The molecule has 2 fully saturated rings. The molecular weight excluding hydrogens is 276 g/mol. The molecule has 6 heteroatoms. The molecule has 0 radical (unpaired) electrons. The Labute approximate surface area is 123 Å². The lowest BCUT2D eigenvalue weighted by Gasteiger charge is -2.24. The van der Waals surface area contributed by atoms with Gasteiger partial charge >= 0.3 is 11.9 Å². The molecule has 0 aromatic carbocycles. The highest BCUT2D eigenvalue weighted by Crippen LogP contribution is 2.26. The highest BCUT2D eigenvalue weighted by atomic mass is 16.6. The summed E-state index contributed by atoms with van der Waals surface area (Å²) in [6.07, 6.45) is 3.69. The molecule has 0 aromatic heterocycles. The zero-order valence-electron chi connectivity index (χ0n) is 12.1. The van der Waals surface area contributed by atoms with Crippen LogP contribution in [0.3, 0.4) is 0 Å². The van der Waals surface area contributed by atoms with Gasteiger partial charge in [0.05, 0.1) is 0 Å². The van der Waals surface area contributed by atoms with Gasteiger partial charge in [-0.25, -0.2) is 4.79 Å². The summed E-state index contributed by atoms with van der Waals surface area (Å²) in [5, 5.41) is 0. The van der Waals surface area contributed by atoms with Crippen molar-refractivity contribution in [1.29, 1.82) is 0 Å². The number of ketones is 1. The van der Waals surface area contributed by atoms with Gasteiger partial charge in [-0.3, -0.25) is 9.59 Å². The maximum absolute atomic E-state index is 12.2. The number of cyclic esters (lactones) is 1. The van der Waals surface area contributed by atoms with Crippen molar-refractivity contribution < 1.29 is 28.6 Å². The Morgan fingerprint density at radius 2 is 1.86 bits per heavy atom. The van der Waals surface area contributed by atoms with Crippen molar-refractivity contribution in [3.63, 3.8) is 0 Å². The molecule has 0 N–H and O–H groups in total. The molecule has 0 aromatic rings. The number of ether oxygens (including phenoxy) is 3. The molecule has 6 nitrogen and oxygen atoms in total. The van der Waals surface area contributed by atoms with E-state index in [1.165, 1.54) is 6.92 Å². The van der Waals surface area contributed by atoms with Crippen molar-refractivity contribution in [3.05, 3.63) is 12.3 Å². The summed E-state index contributed by atoms with van der Waals surface area (Å²) in [4.78, 5) is 34.9. The van der Waals surface area contributed by atoms with Crippen molar-refractivity contribution in [2.75, 3.05) is 6.61 Å². The highest BCUT2D eigenvalue weighted by Gasteiger charge is 2.45. The Morgan fingerprint density at radius 1 is 1.19 bits per heavy atom. The Bertz CT molecular complexity index is 449. The Morgan fingerprint density at radius 3 is 2.48 bits per heavy atom. The van der Waals surface area contributed by atoms with E-state index in [9.17, 15) is 14.4 Å². The number of rotatable bonds is 5. The second kappa shape index (κ2) is 6.74. The van der Waals surface area contributed by atoms with Gasteiger partial charge in [0, 0.05) is 6.92 Å². The smallest absolute Gasteiger partial charge is 0.348 e. The average Bonchev–Trinajstić information content (AvgIpc) is 2.81. The summed E-state index contributed by atoms with van der Waals surface area (Å²) >= 11 is 0. The number of carbonyl (C=O) groups is 3. The summed E-state index contributed by atoms with van der Waals surface area (Å²) in [6.45, 7) is 4.62. The number of allylic oxidation sites excluding steroid dienone is 1. The third-order valence-corrected chi connectivity index (χ3v) is 3.80. The van der Waals surface area contributed by atoms with Crippen LogP contribution in [0.2, 0.25) is 0 Å². The molecule has 2 unspecified atom stereocenters. The minimum Gasteiger partial charge on any atom is -0.475 e. The van der Waals surface area contributed by atoms with Crippen molar-refractivity contribution in [2.45, 2.75) is 51.2 Å². The molecule has 1 heterocycles. The fourth-order valence-electron chi connectivity index (χ4n) is 2.50. The third kappa shape index (κ3) is 3.83. The second-order valence-electron chi connectivity index (χ2n) is 5.45. The zero-order chi connectivity index (χ0) is 15.4. The van der Waals surface area contributed by atoms with Crippen molar-refractivity contribution >= 4 is 17.7 Å². The van der Waals surface area contributed by atoms with Crippen molar-refractivity contribution in [1.82, 2.24) is 0 Å². The predicted octanol–water partition coefficient (Wildman–Crippen LogP) is 1.52. The normalized spacial score (nSPS) is 26.0. The van der Waals surface area contributed by atoms with E-state index in [2.05, 4.69) is 6.58 Å². The van der Waals surface area contributed by atoms with Crippen LogP contribution in [0.1, 0.15) is 39.0 Å². The van der Waals surface area contributed by atoms with Gasteiger partial charge in [-0.15, -0.1) is 0 Å². The fraction of sp³-hybridized carbons (Fsp3) is 0.667. The topological polar surface area (TPSA) is 78.9 Å². The van der Waals surface area contributed by atoms with E-state index < -0.39 is 29.7 Å². The van der Waals surface area contributed by atoms with Gasteiger partial charge in [-0.2, -0.15) is 0 Å². The van der Waals surface area contributed by atoms with Crippen LogP contribution in [-0.4, -0.2) is 36.5 Å². The molecule has 1 aliphatic carbocycles. The lowest BCUT2D eigenvalue weighted by molar-refractivity contribution is -0.160. The molecule has 0 spiro atoms. The van der Waals surface area contributed by atoms with Gasteiger partial charge in [0.1, 0.15) is 18.6 Å². The molecular formula is C15H20O6. The van der Waals surface area contributed by atoms with E-state index in [0.717, 1.165) is 32.1 Å². The molecule has 1 saturated carbocycles. The van der Waals surface area contributed by atoms with Crippen molar-refractivity contribution in [2.24, 2.45) is 5.92 Å². The van der Waals surface area contributed by atoms with Crippen LogP contribution in [0.5, 0.6) is 0 Å². The van der Waals surface area contributed by atoms with E-state index in [0.29, 0.717) is 0 Å². The van der Waals surface area contributed by atoms with Crippen LogP contribution < -0.4 is 0 Å². The van der Waals surface area contributed by atoms with Gasteiger partial charge in [-0.1, -0.05) is 13.0 Å². The standard InChI is InChI=1S/C15H20O6/c1-9(16)10(2)20-13-12(8-19-15(13)18)14(17)21-11-6-4-3-5-7-11/h11-13H,2-8H2,1H3. The first-order valence-electron chi connectivity index (χ1n) is 7.22. The number of esters is 2. The monoisotopic (exact) mass is 296 g/mol. The molecule has 2 atom stereocenters. The number of Topliss-reactive ketones (excluding diaryl/α,β-unsaturated/α-hetero) is 1. The van der Waals surface area contributed by atoms with Crippen LogP contribution in [-0.2, 0) is 28.6 Å². The summed E-state index contributed by atoms with van der Waals surface area (Å²) < 4.78 is 15.5.